The molecule has 0 saturated carbocycles. The Morgan fingerprint density at radius 3 is 2.41 bits per heavy atom. The average molecular weight is 478 g/mol. The SMILES string of the molecule is O=C(COc1ccc(S(=O)(=O)N2CCCC2)cc1Cl)NCc1ccc(Cl)cc1Cl. The second-order valence-corrected chi connectivity index (χ2v) is 9.69. The van der Waals surface area contributed by atoms with Crippen molar-refractivity contribution in [1.29, 1.82) is 0 Å². The highest BCUT2D eigenvalue weighted by Crippen LogP contribution is 2.30. The molecule has 1 heterocycles. The molecule has 0 unspecified atom stereocenters. The molecule has 0 atom stereocenters. The number of halogens is 3. The summed E-state index contributed by atoms with van der Waals surface area (Å²) >= 11 is 18.1. The van der Waals surface area contributed by atoms with Gasteiger partial charge in [0.15, 0.2) is 6.61 Å². The Morgan fingerprint density at radius 2 is 1.76 bits per heavy atom. The monoisotopic (exact) mass is 476 g/mol. The molecule has 1 aliphatic rings. The Balaban J connectivity index is 1.57. The first-order chi connectivity index (χ1) is 13.8. The van der Waals surface area contributed by atoms with Crippen molar-refractivity contribution in [3.8, 4) is 5.75 Å². The van der Waals surface area contributed by atoms with Gasteiger partial charge < -0.3 is 10.1 Å². The molecular formula is C19H19Cl3N2O4S. The molecule has 0 aromatic heterocycles. The van der Waals surface area contributed by atoms with E-state index in [1.54, 1.807) is 18.2 Å². The molecule has 1 saturated heterocycles. The van der Waals surface area contributed by atoms with Crippen molar-refractivity contribution in [2.75, 3.05) is 19.7 Å². The lowest BCUT2D eigenvalue weighted by Gasteiger charge is -2.16. The molecule has 156 valence electrons. The molecule has 0 spiro atoms. The van der Waals surface area contributed by atoms with Crippen LogP contribution in [0.2, 0.25) is 15.1 Å². The molecule has 6 nitrogen and oxygen atoms in total. The van der Waals surface area contributed by atoms with Crippen molar-refractivity contribution in [2.24, 2.45) is 0 Å². The Bertz CT molecular complexity index is 1010. The van der Waals surface area contributed by atoms with Crippen LogP contribution < -0.4 is 10.1 Å². The van der Waals surface area contributed by atoms with E-state index in [0.717, 1.165) is 18.4 Å². The number of carbonyl (C=O) groups is 1. The highest BCUT2D eigenvalue weighted by Gasteiger charge is 2.27. The number of carbonyl (C=O) groups excluding carboxylic acids is 1. The van der Waals surface area contributed by atoms with Crippen LogP contribution in [0.1, 0.15) is 18.4 Å². The maximum absolute atomic E-state index is 12.6. The standard InChI is InChI=1S/C19H19Cl3N2O4S/c20-14-4-3-13(16(21)9-14)11-23-19(25)12-28-18-6-5-15(10-17(18)22)29(26,27)24-7-1-2-8-24/h3-6,9-10H,1-2,7-8,11-12H2,(H,23,25). The lowest BCUT2D eigenvalue weighted by molar-refractivity contribution is -0.123. The Kier molecular flexibility index (Phi) is 7.29. The summed E-state index contributed by atoms with van der Waals surface area (Å²) in [4.78, 5) is 12.1. The topological polar surface area (TPSA) is 75.7 Å². The van der Waals surface area contributed by atoms with Crippen LogP contribution in [-0.2, 0) is 21.4 Å². The zero-order chi connectivity index (χ0) is 21.0. The van der Waals surface area contributed by atoms with Gasteiger partial charge in [-0.15, -0.1) is 0 Å². The quantitative estimate of drug-likeness (QED) is 0.651. The van der Waals surface area contributed by atoms with E-state index in [0.29, 0.717) is 23.1 Å². The maximum Gasteiger partial charge on any atom is 0.258 e. The molecule has 2 aromatic rings. The van der Waals surface area contributed by atoms with Gasteiger partial charge in [0.25, 0.3) is 5.91 Å². The van der Waals surface area contributed by atoms with E-state index in [9.17, 15) is 13.2 Å². The van der Waals surface area contributed by atoms with Gasteiger partial charge in [0.05, 0.1) is 9.92 Å². The fraction of sp³-hybridized carbons (Fsp3) is 0.316. The summed E-state index contributed by atoms with van der Waals surface area (Å²) in [5.74, 6) is -0.146. The molecule has 1 fully saturated rings. The van der Waals surface area contributed by atoms with Crippen LogP contribution in [0.25, 0.3) is 0 Å². The third-order valence-corrected chi connectivity index (χ3v) is 7.23. The second kappa shape index (κ2) is 9.53. The largest absolute Gasteiger partial charge is 0.482 e. The van der Waals surface area contributed by atoms with E-state index in [1.165, 1.54) is 22.5 Å². The van der Waals surface area contributed by atoms with Crippen molar-refractivity contribution < 1.29 is 17.9 Å². The highest BCUT2D eigenvalue weighted by atomic mass is 35.5. The summed E-state index contributed by atoms with van der Waals surface area (Å²) in [5, 5.41) is 3.78. The number of hydrogen-bond donors (Lipinski definition) is 1. The minimum Gasteiger partial charge on any atom is -0.482 e. The number of sulfonamides is 1. The molecule has 0 bridgehead atoms. The average Bonchev–Trinajstić information content (AvgIpc) is 3.22. The number of ether oxygens (including phenoxy) is 1. The minimum absolute atomic E-state index is 0.110. The van der Waals surface area contributed by atoms with E-state index in [2.05, 4.69) is 5.32 Å². The summed E-state index contributed by atoms with van der Waals surface area (Å²) < 4.78 is 32.0. The van der Waals surface area contributed by atoms with Crippen LogP contribution in [0, 0.1) is 0 Å². The second-order valence-electron chi connectivity index (χ2n) is 6.50. The minimum atomic E-state index is -3.56. The number of hydrogen-bond acceptors (Lipinski definition) is 4. The molecule has 1 aliphatic heterocycles. The molecule has 0 radical (unpaired) electrons. The number of amides is 1. The first kappa shape index (κ1) is 22.2. The fourth-order valence-corrected chi connectivity index (χ4v) is 5.21. The number of benzene rings is 2. The molecule has 1 amide bonds. The van der Waals surface area contributed by atoms with E-state index < -0.39 is 10.0 Å². The molecule has 3 rings (SSSR count). The predicted molar refractivity (Wildman–Crippen MR) is 113 cm³/mol. The summed E-state index contributed by atoms with van der Waals surface area (Å²) in [6, 6.07) is 9.23. The van der Waals surface area contributed by atoms with Crippen LogP contribution in [0.3, 0.4) is 0 Å². The van der Waals surface area contributed by atoms with Gasteiger partial charge in [0, 0.05) is 29.7 Å². The zero-order valence-corrected chi connectivity index (χ0v) is 18.4. The molecule has 0 aliphatic carbocycles. The van der Waals surface area contributed by atoms with Crippen LogP contribution in [0.4, 0.5) is 0 Å². The molecular weight excluding hydrogens is 459 g/mol. The predicted octanol–water partition coefficient (Wildman–Crippen LogP) is 4.13. The van der Waals surface area contributed by atoms with E-state index in [4.69, 9.17) is 39.5 Å². The lowest BCUT2D eigenvalue weighted by Crippen LogP contribution is -2.29. The van der Waals surface area contributed by atoms with Gasteiger partial charge in [-0.2, -0.15) is 4.31 Å². The lowest BCUT2D eigenvalue weighted by atomic mass is 10.2. The third kappa shape index (κ3) is 5.55. The molecule has 1 N–H and O–H groups in total. The normalized spacial score (nSPS) is 14.7. The highest BCUT2D eigenvalue weighted by molar-refractivity contribution is 7.89. The number of nitrogens with one attached hydrogen (secondary N) is 1. The van der Waals surface area contributed by atoms with Crippen LogP contribution in [0.5, 0.6) is 5.75 Å². The van der Waals surface area contributed by atoms with Gasteiger partial charge in [-0.1, -0.05) is 40.9 Å². The van der Waals surface area contributed by atoms with Crippen molar-refractivity contribution in [3.63, 3.8) is 0 Å². The number of nitrogens with zero attached hydrogens (tertiary/aromatic N) is 1. The first-order valence-corrected chi connectivity index (χ1v) is 11.5. The Labute approximate surface area is 184 Å². The third-order valence-electron chi connectivity index (χ3n) is 4.46. The molecule has 2 aromatic carbocycles. The van der Waals surface area contributed by atoms with E-state index in [1.807, 2.05) is 0 Å². The van der Waals surface area contributed by atoms with Gasteiger partial charge in [-0.25, -0.2) is 8.42 Å². The molecule has 29 heavy (non-hydrogen) atoms. The summed E-state index contributed by atoms with van der Waals surface area (Å²) in [6.45, 7) is 0.966. The van der Waals surface area contributed by atoms with Gasteiger partial charge >= 0.3 is 0 Å². The van der Waals surface area contributed by atoms with Gasteiger partial charge in [0.2, 0.25) is 10.0 Å². The fourth-order valence-electron chi connectivity index (χ4n) is 2.89. The van der Waals surface area contributed by atoms with Crippen molar-refractivity contribution in [1.82, 2.24) is 9.62 Å². The summed E-state index contributed by atoms with van der Waals surface area (Å²) in [7, 11) is -3.56. The zero-order valence-electron chi connectivity index (χ0n) is 15.3. The summed E-state index contributed by atoms with van der Waals surface area (Å²) in [5.41, 5.74) is 0.721. The summed E-state index contributed by atoms with van der Waals surface area (Å²) in [6.07, 6.45) is 1.70. The van der Waals surface area contributed by atoms with Gasteiger partial charge in [-0.05, 0) is 48.7 Å². The van der Waals surface area contributed by atoms with E-state index in [-0.39, 0.29) is 34.7 Å². The van der Waals surface area contributed by atoms with Gasteiger partial charge in [0.1, 0.15) is 5.75 Å². The van der Waals surface area contributed by atoms with Crippen LogP contribution in [-0.4, -0.2) is 38.3 Å². The Morgan fingerprint density at radius 1 is 1.03 bits per heavy atom. The first-order valence-electron chi connectivity index (χ1n) is 8.90. The maximum atomic E-state index is 12.6. The van der Waals surface area contributed by atoms with Crippen LogP contribution in [0.15, 0.2) is 41.3 Å². The van der Waals surface area contributed by atoms with Gasteiger partial charge in [-0.3, -0.25) is 4.79 Å². The smallest absolute Gasteiger partial charge is 0.258 e. The van der Waals surface area contributed by atoms with Crippen molar-refractivity contribution >= 4 is 50.7 Å². The van der Waals surface area contributed by atoms with Crippen LogP contribution >= 0.6 is 34.8 Å². The Hall–Kier alpha value is -1.51. The van der Waals surface area contributed by atoms with Crippen molar-refractivity contribution in [2.45, 2.75) is 24.3 Å². The number of rotatable bonds is 7. The molecule has 10 heteroatoms. The van der Waals surface area contributed by atoms with E-state index >= 15 is 0 Å². The van der Waals surface area contributed by atoms with Crippen molar-refractivity contribution in [3.05, 3.63) is 57.0 Å².